The van der Waals surface area contributed by atoms with Crippen molar-refractivity contribution in [3.63, 3.8) is 0 Å². The summed E-state index contributed by atoms with van der Waals surface area (Å²) in [5.74, 6) is -0.205. The van der Waals surface area contributed by atoms with Crippen molar-refractivity contribution in [1.82, 2.24) is 0 Å². The number of nitrogens with zero attached hydrogens (tertiary/aromatic N) is 1. The Hall–Kier alpha value is -1.77. The Bertz CT molecular complexity index is 448. The van der Waals surface area contributed by atoms with Crippen molar-refractivity contribution < 1.29 is 9.53 Å². The molecule has 3 heteroatoms. The summed E-state index contributed by atoms with van der Waals surface area (Å²) in [6.45, 7) is 2.30. The van der Waals surface area contributed by atoms with Crippen molar-refractivity contribution in [3.05, 3.63) is 35.9 Å². The van der Waals surface area contributed by atoms with Crippen LogP contribution in [0, 0.1) is 0 Å². The molecule has 0 bridgehead atoms. The van der Waals surface area contributed by atoms with E-state index in [9.17, 15) is 4.79 Å². The molecule has 0 aliphatic carbocycles. The van der Waals surface area contributed by atoms with Gasteiger partial charge in [0.2, 0.25) is 0 Å². The van der Waals surface area contributed by atoms with Crippen molar-refractivity contribution in [2.75, 3.05) is 25.1 Å². The van der Waals surface area contributed by atoms with Gasteiger partial charge in [-0.3, -0.25) is 4.79 Å². The number of benzene rings is 1. The Morgan fingerprint density at radius 2 is 2.11 bits per heavy atom. The maximum atomic E-state index is 11.0. The van der Waals surface area contributed by atoms with Crippen molar-refractivity contribution >= 4 is 17.7 Å². The second-order valence-electron chi connectivity index (χ2n) is 4.83. The van der Waals surface area contributed by atoms with Gasteiger partial charge in [0.25, 0.3) is 0 Å². The van der Waals surface area contributed by atoms with E-state index in [1.165, 1.54) is 32.1 Å². The number of carbonyl (C=O) groups is 1. The van der Waals surface area contributed by atoms with Crippen LogP contribution in [0.15, 0.2) is 30.3 Å². The van der Waals surface area contributed by atoms with Crippen LogP contribution in [0.1, 0.15) is 31.2 Å². The SMILES string of the molecule is COC(=O)CC=Cc1cccc(N2CCCCC2)c1. The zero-order valence-electron chi connectivity index (χ0n) is 11.5. The summed E-state index contributed by atoms with van der Waals surface area (Å²) in [5.41, 5.74) is 2.41. The number of rotatable bonds is 4. The average molecular weight is 259 g/mol. The van der Waals surface area contributed by atoms with E-state index in [0.29, 0.717) is 6.42 Å². The number of carbonyl (C=O) groups excluding carboxylic acids is 1. The summed E-state index contributed by atoms with van der Waals surface area (Å²) in [4.78, 5) is 13.5. The van der Waals surface area contributed by atoms with Crippen LogP contribution in [0.2, 0.25) is 0 Å². The third-order valence-corrected chi connectivity index (χ3v) is 3.41. The monoisotopic (exact) mass is 259 g/mol. The van der Waals surface area contributed by atoms with Crippen molar-refractivity contribution in [3.8, 4) is 0 Å². The highest BCUT2D eigenvalue weighted by atomic mass is 16.5. The molecule has 0 unspecified atom stereocenters. The van der Waals surface area contributed by atoms with Gasteiger partial charge in [-0.25, -0.2) is 0 Å². The van der Waals surface area contributed by atoms with E-state index in [1.54, 1.807) is 0 Å². The predicted octanol–water partition coefficient (Wildman–Crippen LogP) is 3.25. The Kier molecular flexibility index (Phi) is 5.01. The minimum absolute atomic E-state index is 0.205. The minimum Gasteiger partial charge on any atom is -0.469 e. The summed E-state index contributed by atoms with van der Waals surface area (Å²) >= 11 is 0. The van der Waals surface area contributed by atoms with Crippen LogP contribution in [0.5, 0.6) is 0 Å². The molecule has 1 aliphatic heterocycles. The van der Waals surface area contributed by atoms with Crippen molar-refractivity contribution in [2.24, 2.45) is 0 Å². The largest absolute Gasteiger partial charge is 0.469 e. The second-order valence-corrected chi connectivity index (χ2v) is 4.83. The molecule has 0 atom stereocenters. The molecule has 0 amide bonds. The fourth-order valence-corrected chi connectivity index (χ4v) is 2.35. The number of hydrogen-bond acceptors (Lipinski definition) is 3. The van der Waals surface area contributed by atoms with Crippen LogP contribution in [0.3, 0.4) is 0 Å². The Morgan fingerprint density at radius 1 is 1.32 bits per heavy atom. The van der Waals surface area contributed by atoms with Gasteiger partial charge in [-0.2, -0.15) is 0 Å². The number of piperidine rings is 1. The smallest absolute Gasteiger partial charge is 0.309 e. The fraction of sp³-hybridized carbons (Fsp3) is 0.438. The lowest BCUT2D eigenvalue weighted by atomic mass is 10.1. The van der Waals surface area contributed by atoms with E-state index in [0.717, 1.165) is 18.7 Å². The average Bonchev–Trinajstić information content (AvgIpc) is 2.48. The van der Waals surface area contributed by atoms with Gasteiger partial charge < -0.3 is 9.64 Å². The third-order valence-electron chi connectivity index (χ3n) is 3.41. The maximum Gasteiger partial charge on any atom is 0.309 e. The molecule has 1 fully saturated rings. The molecule has 0 aromatic heterocycles. The second kappa shape index (κ2) is 6.98. The molecule has 0 saturated carbocycles. The van der Waals surface area contributed by atoms with Gasteiger partial charge in [0.05, 0.1) is 13.5 Å². The first-order chi connectivity index (χ1) is 9.29. The fourth-order valence-electron chi connectivity index (χ4n) is 2.35. The summed E-state index contributed by atoms with van der Waals surface area (Å²) in [5, 5.41) is 0. The molecular weight excluding hydrogens is 238 g/mol. The molecule has 1 aromatic rings. The molecule has 3 nitrogen and oxygen atoms in total. The summed E-state index contributed by atoms with van der Waals surface area (Å²) in [6.07, 6.45) is 8.05. The van der Waals surface area contributed by atoms with Gasteiger partial charge in [-0.15, -0.1) is 0 Å². The van der Waals surface area contributed by atoms with Gasteiger partial charge in [-0.1, -0.05) is 24.3 Å². The highest BCUT2D eigenvalue weighted by Crippen LogP contribution is 2.21. The number of anilines is 1. The standard InChI is InChI=1S/C16H21NO2/c1-19-16(18)10-6-8-14-7-5-9-15(13-14)17-11-3-2-4-12-17/h5-9,13H,2-4,10-12H2,1H3. The number of ether oxygens (including phenoxy) is 1. The number of hydrogen-bond donors (Lipinski definition) is 0. The molecule has 1 aliphatic rings. The van der Waals surface area contributed by atoms with Crippen LogP contribution in [-0.4, -0.2) is 26.2 Å². The van der Waals surface area contributed by atoms with Crippen LogP contribution < -0.4 is 4.90 Å². The quantitative estimate of drug-likeness (QED) is 0.777. The molecule has 1 aromatic carbocycles. The first-order valence-electron chi connectivity index (χ1n) is 6.88. The van der Waals surface area contributed by atoms with Crippen LogP contribution in [0.25, 0.3) is 6.08 Å². The van der Waals surface area contributed by atoms with E-state index in [1.807, 2.05) is 12.2 Å². The van der Waals surface area contributed by atoms with Crippen molar-refractivity contribution in [2.45, 2.75) is 25.7 Å². The summed E-state index contributed by atoms with van der Waals surface area (Å²) in [7, 11) is 1.41. The van der Waals surface area contributed by atoms with Crippen molar-refractivity contribution in [1.29, 1.82) is 0 Å². The third kappa shape index (κ3) is 4.12. The first-order valence-corrected chi connectivity index (χ1v) is 6.88. The zero-order valence-corrected chi connectivity index (χ0v) is 11.5. The van der Waals surface area contributed by atoms with Gasteiger partial charge in [0.15, 0.2) is 0 Å². The Balaban J connectivity index is 2.00. The maximum absolute atomic E-state index is 11.0. The van der Waals surface area contributed by atoms with E-state index in [-0.39, 0.29) is 5.97 Å². The minimum atomic E-state index is -0.205. The highest BCUT2D eigenvalue weighted by molar-refractivity contribution is 5.72. The molecule has 0 radical (unpaired) electrons. The molecule has 102 valence electrons. The summed E-state index contributed by atoms with van der Waals surface area (Å²) < 4.78 is 4.61. The van der Waals surface area contributed by atoms with Gasteiger partial charge >= 0.3 is 5.97 Å². The molecular formula is C16H21NO2. The van der Waals surface area contributed by atoms with E-state index >= 15 is 0 Å². The molecule has 19 heavy (non-hydrogen) atoms. The molecule has 0 spiro atoms. The van der Waals surface area contributed by atoms with Crippen LogP contribution in [-0.2, 0) is 9.53 Å². The summed E-state index contributed by atoms with van der Waals surface area (Å²) in [6, 6.07) is 8.46. The number of methoxy groups -OCH3 is 1. The van der Waals surface area contributed by atoms with E-state index < -0.39 is 0 Å². The van der Waals surface area contributed by atoms with Crippen LogP contribution in [0.4, 0.5) is 5.69 Å². The molecule has 0 N–H and O–H groups in total. The number of esters is 1. The predicted molar refractivity (Wildman–Crippen MR) is 78.2 cm³/mol. The highest BCUT2D eigenvalue weighted by Gasteiger charge is 2.10. The lowest BCUT2D eigenvalue weighted by molar-refractivity contribution is -0.139. The van der Waals surface area contributed by atoms with Crippen LogP contribution >= 0.6 is 0 Å². The normalized spacial score (nSPS) is 15.7. The van der Waals surface area contributed by atoms with E-state index in [4.69, 9.17) is 0 Å². The van der Waals surface area contributed by atoms with Gasteiger partial charge in [0, 0.05) is 18.8 Å². The Morgan fingerprint density at radius 3 is 2.84 bits per heavy atom. The van der Waals surface area contributed by atoms with Gasteiger partial charge in [0.1, 0.15) is 0 Å². The van der Waals surface area contributed by atoms with E-state index in [2.05, 4.69) is 33.9 Å². The Labute approximate surface area is 114 Å². The van der Waals surface area contributed by atoms with Gasteiger partial charge in [-0.05, 0) is 37.0 Å². The lowest BCUT2D eigenvalue weighted by Gasteiger charge is -2.29. The molecule has 1 saturated heterocycles. The lowest BCUT2D eigenvalue weighted by Crippen LogP contribution is -2.29. The first kappa shape index (κ1) is 13.7. The molecule has 1 heterocycles. The zero-order chi connectivity index (χ0) is 13.5. The molecule has 2 rings (SSSR count). The topological polar surface area (TPSA) is 29.5 Å².